The molecular weight excluding hydrogens is 368 g/mol. The highest BCUT2D eigenvalue weighted by molar-refractivity contribution is 6.05. The highest BCUT2D eigenvalue weighted by atomic mass is 16.5. The van der Waals surface area contributed by atoms with Crippen LogP contribution in [-0.2, 0) is 13.0 Å². The van der Waals surface area contributed by atoms with Crippen LogP contribution in [-0.4, -0.2) is 34.5 Å². The third-order valence-electron chi connectivity index (χ3n) is 5.03. The van der Waals surface area contributed by atoms with Gasteiger partial charge in [0.15, 0.2) is 11.5 Å². The fourth-order valence-corrected chi connectivity index (χ4v) is 3.55. The summed E-state index contributed by atoms with van der Waals surface area (Å²) in [6.45, 7) is 5.99. The molecule has 2 amide bonds. The molecule has 29 heavy (non-hydrogen) atoms. The number of fused-ring (bicyclic) bond motifs is 1. The number of nitrogens with zero attached hydrogens (tertiary/aromatic N) is 2. The van der Waals surface area contributed by atoms with Crippen LogP contribution in [0.2, 0.25) is 0 Å². The number of carbonyl (C=O) groups is 2. The first-order chi connectivity index (χ1) is 14.1. The highest BCUT2D eigenvalue weighted by Crippen LogP contribution is 2.23. The Morgan fingerprint density at radius 2 is 1.90 bits per heavy atom. The summed E-state index contributed by atoms with van der Waals surface area (Å²) < 4.78 is 7.34. The lowest BCUT2D eigenvalue weighted by Gasteiger charge is -2.17. The van der Waals surface area contributed by atoms with E-state index in [9.17, 15) is 9.59 Å². The molecule has 1 aromatic carbocycles. The van der Waals surface area contributed by atoms with Crippen LogP contribution in [0.5, 0.6) is 5.75 Å². The van der Waals surface area contributed by atoms with Crippen LogP contribution in [0, 0.1) is 0 Å². The second kappa shape index (κ2) is 10.1. The molecule has 0 atom stereocenters. The van der Waals surface area contributed by atoms with E-state index in [0.29, 0.717) is 30.4 Å². The average molecular weight is 399 g/mol. The van der Waals surface area contributed by atoms with Crippen molar-refractivity contribution in [3.8, 4) is 5.75 Å². The van der Waals surface area contributed by atoms with Crippen LogP contribution in [0.1, 0.15) is 72.8 Å². The summed E-state index contributed by atoms with van der Waals surface area (Å²) in [7, 11) is 0. The fraction of sp³-hybridized carbons (Fsp3) is 0.500. The van der Waals surface area contributed by atoms with Crippen LogP contribution in [0.25, 0.3) is 0 Å². The lowest BCUT2D eigenvalue weighted by Crippen LogP contribution is -2.28. The summed E-state index contributed by atoms with van der Waals surface area (Å²) in [6.07, 6.45) is 5.86. The minimum absolute atomic E-state index is 0.204. The first-order valence-electron chi connectivity index (χ1n) is 10.6. The first kappa shape index (κ1) is 20.9. The Bertz CT molecular complexity index is 842. The molecule has 1 aliphatic heterocycles. The van der Waals surface area contributed by atoms with Gasteiger partial charge in [-0.05, 0) is 56.9 Å². The van der Waals surface area contributed by atoms with Gasteiger partial charge in [0.1, 0.15) is 5.75 Å². The molecule has 2 aromatic rings. The maximum atomic E-state index is 12.9. The van der Waals surface area contributed by atoms with Gasteiger partial charge in [-0.1, -0.05) is 19.8 Å². The third kappa shape index (κ3) is 5.16. The zero-order chi connectivity index (χ0) is 20.6. The standard InChI is InChI=1S/C22H30N4O3/c1-3-5-7-14-23-22(28)20-25-19(18-9-6-8-15-26(18)20)21(27)24-16-10-12-17(13-11-16)29-4-2/h10-13H,3-9,14-15H2,1-2H3,(H,23,28)(H,24,27). The van der Waals surface area contributed by atoms with Crippen molar-refractivity contribution in [2.45, 2.75) is 58.9 Å². The number of carbonyl (C=O) groups excluding carboxylic acids is 2. The van der Waals surface area contributed by atoms with Crippen LogP contribution in [0.3, 0.4) is 0 Å². The molecule has 2 heterocycles. The van der Waals surface area contributed by atoms with Crippen molar-refractivity contribution in [1.82, 2.24) is 14.9 Å². The van der Waals surface area contributed by atoms with Crippen molar-refractivity contribution >= 4 is 17.5 Å². The number of hydrogen-bond acceptors (Lipinski definition) is 4. The molecule has 0 radical (unpaired) electrons. The smallest absolute Gasteiger partial charge is 0.287 e. The second-order valence-corrected chi connectivity index (χ2v) is 7.21. The van der Waals surface area contributed by atoms with Gasteiger partial charge in [0.25, 0.3) is 11.8 Å². The normalized spacial score (nSPS) is 12.9. The minimum atomic E-state index is -0.287. The van der Waals surface area contributed by atoms with Crippen molar-refractivity contribution in [3.63, 3.8) is 0 Å². The molecular formula is C22H30N4O3. The van der Waals surface area contributed by atoms with Gasteiger partial charge in [-0.2, -0.15) is 0 Å². The van der Waals surface area contributed by atoms with Gasteiger partial charge in [0.2, 0.25) is 0 Å². The monoisotopic (exact) mass is 398 g/mol. The van der Waals surface area contributed by atoms with E-state index in [2.05, 4.69) is 22.5 Å². The summed E-state index contributed by atoms with van der Waals surface area (Å²) in [6, 6.07) is 7.23. The molecule has 1 aliphatic rings. The number of unbranched alkanes of at least 4 members (excludes halogenated alkanes) is 2. The lowest BCUT2D eigenvalue weighted by atomic mass is 10.1. The number of nitrogens with one attached hydrogen (secondary N) is 2. The molecule has 0 saturated carbocycles. The molecule has 0 bridgehead atoms. The van der Waals surface area contributed by atoms with E-state index in [1.54, 1.807) is 12.1 Å². The quantitative estimate of drug-likeness (QED) is 0.629. The van der Waals surface area contributed by atoms with E-state index in [1.807, 2.05) is 23.6 Å². The molecule has 7 heteroatoms. The number of benzene rings is 1. The van der Waals surface area contributed by atoms with E-state index in [4.69, 9.17) is 4.74 Å². The Kier molecular flexibility index (Phi) is 7.27. The van der Waals surface area contributed by atoms with Gasteiger partial charge >= 0.3 is 0 Å². The largest absolute Gasteiger partial charge is 0.494 e. The minimum Gasteiger partial charge on any atom is -0.494 e. The number of imidazole rings is 1. The lowest BCUT2D eigenvalue weighted by molar-refractivity contribution is 0.0937. The van der Waals surface area contributed by atoms with E-state index in [1.165, 1.54) is 0 Å². The van der Waals surface area contributed by atoms with E-state index in [0.717, 1.165) is 56.5 Å². The molecule has 0 fully saturated rings. The van der Waals surface area contributed by atoms with Crippen LogP contribution < -0.4 is 15.4 Å². The Morgan fingerprint density at radius 3 is 2.62 bits per heavy atom. The highest BCUT2D eigenvalue weighted by Gasteiger charge is 2.27. The third-order valence-corrected chi connectivity index (χ3v) is 5.03. The zero-order valence-corrected chi connectivity index (χ0v) is 17.3. The van der Waals surface area contributed by atoms with Gasteiger partial charge in [-0.25, -0.2) is 4.98 Å². The Labute approximate surface area is 171 Å². The molecule has 1 aromatic heterocycles. The van der Waals surface area contributed by atoms with Crippen molar-refractivity contribution < 1.29 is 14.3 Å². The Hall–Kier alpha value is -2.83. The summed E-state index contributed by atoms with van der Waals surface area (Å²) in [4.78, 5) is 30.0. The molecule has 7 nitrogen and oxygen atoms in total. The van der Waals surface area contributed by atoms with Gasteiger partial charge in [0, 0.05) is 18.8 Å². The van der Waals surface area contributed by atoms with Crippen molar-refractivity contribution in [3.05, 3.63) is 41.5 Å². The Morgan fingerprint density at radius 1 is 1.10 bits per heavy atom. The van der Waals surface area contributed by atoms with Crippen molar-refractivity contribution in [2.75, 3.05) is 18.5 Å². The van der Waals surface area contributed by atoms with Gasteiger partial charge in [-0.3, -0.25) is 9.59 Å². The number of aromatic nitrogens is 2. The van der Waals surface area contributed by atoms with Crippen molar-refractivity contribution in [2.24, 2.45) is 0 Å². The summed E-state index contributed by atoms with van der Waals surface area (Å²) in [5.41, 5.74) is 1.86. The maximum Gasteiger partial charge on any atom is 0.287 e. The van der Waals surface area contributed by atoms with E-state index in [-0.39, 0.29) is 11.8 Å². The first-order valence-corrected chi connectivity index (χ1v) is 10.6. The second-order valence-electron chi connectivity index (χ2n) is 7.21. The van der Waals surface area contributed by atoms with Crippen LogP contribution >= 0.6 is 0 Å². The summed E-state index contributed by atoms with van der Waals surface area (Å²) in [5.74, 6) is 0.606. The number of amides is 2. The molecule has 0 unspecified atom stereocenters. The number of rotatable bonds is 9. The average Bonchev–Trinajstić information content (AvgIpc) is 3.13. The number of anilines is 1. The predicted octanol–water partition coefficient (Wildman–Crippen LogP) is 3.79. The fourth-order valence-electron chi connectivity index (χ4n) is 3.55. The number of hydrogen-bond donors (Lipinski definition) is 2. The van der Waals surface area contributed by atoms with Gasteiger partial charge in [-0.15, -0.1) is 0 Å². The van der Waals surface area contributed by atoms with Gasteiger partial charge in [0.05, 0.1) is 12.3 Å². The van der Waals surface area contributed by atoms with Crippen molar-refractivity contribution in [1.29, 1.82) is 0 Å². The molecule has 0 spiro atoms. The molecule has 0 saturated heterocycles. The summed E-state index contributed by atoms with van der Waals surface area (Å²) >= 11 is 0. The molecule has 0 aliphatic carbocycles. The predicted molar refractivity (Wildman–Crippen MR) is 113 cm³/mol. The molecule has 156 valence electrons. The maximum absolute atomic E-state index is 12.9. The van der Waals surface area contributed by atoms with Gasteiger partial charge < -0.3 is 19.9 Å². The zero-order valence-electron chi connectivity index (χ0n) is 17.3. The van der Waals surface area contributed by atoms with Crippen LogP contribution in [0.4, 0.5) is 5.69 Å². The molecule has 3 rings (SSSR count). The van der Waals surface area contributed by atoms with E-state index < -0.39 is 0 Å². The summed E-state index contributed by atoms with van der Waals surface area (Å²) in [5, 5.41) is 5.82. The SMILES string of the molecule is CCCCCNC(=O)c1nc(C(=O)Nc2ccc(OCC)cc2)c2n1CCCC2. The van der Waals surface area contributed by atoms with E-state index >= 15 is 0 Å². The Balaban J connectivity index is 1.75. The number of ether oxygens (including phenoxy) is 1. The topological polar surface area (TPSA) is 85.2 Å². The molecule has 2 N–H and O–H groups in total. The van der Waals surface area contributed by atoms with Crippen LogP contribution in [0.15, 0.2) is 24.3 Å².